The Morgan fingerprint density at radius 1 is 1.55 bits per heavy atom. The van der Waals surface area contributed by atoms with Crippen LogP contribution in [0.2, 0.25) is 0 Å². The fourth-order valence-corrected chi connectivity index (χ4v) is 1.62. The van der Waals surface area contributed by atoms with Crippen LogP contribution in [0.5, 0.6) is 0 Å². The summed E-state index contributed by atoms with van der Waals surface area (Å²) in [5.74, 6) is 0.408. The second-order valence-corrected chi connectivity index (χ2v) is 3.74. The molecule has 0 aromatic heterocycles. The molecule has 0 aliphatic heterocycles. The van der Waals surface area contributed by atoms with E-state index in [1.807, 2.05) is 13.8 Å². The van der Waals surface area contributed by atoms with E-state index in [9.17, 15) is 4.21 Å². The molecule has 0 amide bonds. The van der Waals surface area contributed by atoms with Crippen molar-refractivity contribution in [1.29, 1.82) is 0 Å². The Balaban J connectivity index is 3.79. The SMILES string of the molecule is CCCC(NS(=O)O)C(C)C. The van der Waals surface area contributed by atoms with E-state index >= 15 is 0 Å². The van der Waals surface area contributed by atoms with Crippen molar-refractivity contribution >= 4 is 11.3 Å². The first-order valence-electron chi connectivity index (χ1n) is 3.95. The van der Waals surface area contributed by atoms with Gasteiger partial charge in [-0.3, -0.25) is 4.55 Å². The minimum absolute atomic E-state index is 0.158. The second kappa shape index (κ2) is 5.69. The average molecular weight is 179 g/mol. The summed E-state index contributed by atoms with van der Waals surface area (Å²) in [6.07, 6.45) is 1.98. The zero-order valence-corrected chi connectivity index (χ0v) is 8.15. The van der Waals surface area contributed by atoms with E-state index in [1.165, 1.54) is 0 Å². The van der Waals surface area contributed by atoms with Gasteiger partial charge in [0.1, 0.15) is 0 Å². The first kappa shape index (κ1) is 11.1. The predicted molar refractivity (Wildman–Crippen MR) is 47.4 cm³/mol. The van der Waals surface area contributed by atoms with Gasteiger partial charge >= 0.3 is 0 Å². The zero-order chi connectivity index (χ0) is 8.85. The molecule has 2 N–H and O–H groups in total. The van der Waals surface area contributed by atoms with Crippen molar-refractivity contribution in [2.75, 3.05) is 0 Å². The molecule has 4 heteroatoms. The lowest BCUT2D eigenvalue weighted by molar-refractivity contribution is 0.415. The third-order valence-corrected chi connectivity index (χ3v) is 2.16. The lowest BCUT2D eigenvalue weighted by Crippen LogP contribution is -2.34. The summed E-state index contributed by atoms with van der Waals surface area (Å²) in [4.78, 5) is 0. The molecule has 0 fully saturated rings. The molecule has 2 unspecified atom stereocenters. The molecule has 2 atom stereocenters. The van der Waals surface area contributed by atoms with E-state index in [0.717, 1.165) is 12.8 Å². The Hall–Kier alpha value is 0.0700. The van der Waals surface area contributed by atoms with Crippen LogP contribution in [0.4, 0.5) is 0 Å². The summed E-state index contributed by atoms with van der Waals surface area (Å²) >= 11 is -1.87. The van der Waals surface area contributed by atoms with Crippen LogP contribution in [-0.4, -0.2) is 14.8 Å². The standard InChI is InChI=1S/C7H17NO2S/c1-4-5-7(6(2)3)8-11(9)10/h6-8H,4-5H2,1-3H3,(H,9,10). The Bertz CT molecular complexity index is 128. The van der Waals surface area contributed by atoms with Gasteiger partial charge in [-0.15, -0.1) is 0 Å². The van der Waals surface area contributed by atoms with Gasteiger partial charge in [0.25, 0.3) is 0 Å². The minimum Gasteiger partial charge on any atom is -0.294 e. The lowest BCUT2D eigenvalue weighted by Gasteiger charge is -2.18. The summed E-state index contributed by atoms with van der Waals surface area (Å²) in [6.45, 7) is 6.15. The maximum atomic E-state index is 10.4. The number of hydrogen-bond donors (Lipinski definition) is 2. The Labute approximate surface area is 71.0 Å². The Kier molecular flexibility index (Phi) is 5.72. The maximum Gasteiger partial charge on any atom is 0.231 e. The molecule has 3 nitrogen and oxygen atoms in total. The molecule has 0 aliphatic carbocycles. The smallest absolute Gasteiger partial charge is 0.231 e. The maximum absolute atomic E-state index is 10.4. The van der Waals surface area contributed by atoms with E-state index in [0.29, 0.717) is 5.92 Å². The van der Waals surface area contributed by atoms with Crippen molar-refractivity contribution in [3.63, 3.8) is 0 Å². The molecule has 0 saturated carbocycles. The third-order valence-electron chi connectivity index (χ3n) is 1.66. The highest BCUT2D eigenvalue weighted by molar-refractivity contribution is 7.77. The molecular formula is C7H17NO2S. The van der Waals surface area contributed by atoms with Crippen LogP contribution in [0, 0.1) is 5.92 Å². The van der Waals surface area contributed by atoms with Crippen molar-refractivity contribution in [2.45, 2.75) is 39.7 Å². The summed E-state index contributed by atoms with van der Waals surface area (Å²) in [6, 6.07) is 0.158. The topological polar surface area (TPSA) is 49.3 Å². The monoisotopic (exact) mass is 179 g/mol. The molecule has 0 heterocycles. The molecule has 0 saturated heterocycles. The summed E-state index contributed by atoms with van der Waals surface area (Å²) in [5.41, 5.74) is 0. The molecule has 68 valence electrons. The molecule has 0 bridgehead atoms. The van der Waals surface area contributed by atoms with Gasteiger partial charge in [0, 0.05) is 6.04 Å². The predicted octanol–water partition coefficient (Wildman–Crippen LogP) is 1.54. The van der Waals surface area contributed by atoms with E-state index in [-0.39, 0.29) is 6.04 Å². The molecule has 0 radical (unpaired) electrons. The molecule has 0 rings (SSSR count). The second-order valence-electron chi connectivity index (χ2n) is 3.01. The van der Waals surface area contributed by atoms with Crippen molar-refractivity contribution in [1.82, 2.24) is 4.72 Å². The van der Waals surface area contributed by atoms with Crippen LogP contribution < -0.4 is 4.72 Å². The molecule has 0 aliphatic rings. The zero-order valence-electron chi connectivity index (χ0n) is 7.33. The summed E-state index contributed by atoms with van der Waals surface area (Å²) in [5, 5.41) is 0. The van der Waals surface area contributed by atoms with Gasteiger partial charge in [0.05, 0.1) is 0 Å². The van der Waals surface area contributed by atoms with Crippen LogP contribution in [0.3, 0.4) is 0 Å². The fourth-order valence-electron chi connectivity index (χ4n) is 0.969. The highest BCUT2D eigenvalue weighted by Gasteiger charge is 2.13. The number of nitrogens with one attached hydrogen (secondary N) is 1. The molecule has 0 spiro atoms. The van der Waals surface area contributed by atoms with Gasteiger partial charge in [0.15, 0.2) is 0 Å². The quantitative estimate of drug-likeness (QED) is 0.629. The Morgan fingerprint density at radius 2 is 2.09 bits per heavy atom. The van der Waals surface area contributed by atoms with Crippen molar-refractivity contribution < 1.29 is 8.76 Å². The molecular weight excluding hydrogens is 162 g/mol. The number of rotatable bonds is 5. The van der Waals surface area contributed by atoms with Gasteiger partial charge < -0.3 is 0 Å². The van der Waals surface area contributed by atoms with Gasteiger partial charge in [-0.2, -0.15) is 0 Å². The van der Waals surface area contributed by atoms with Gasteiger partial charge in [-0.1, -0.05) is 27.2 Å². The normalized spacial score (nSPS) is 16.8. The van der Waals surface area contributed by atoms with Crippen molar-refractivity contribution in [2.24, 2.45) is 5.92 Å². The molecule has 11 heavy (non-hydrogen) atoms. The number of hydrogen-bond acceptors (Lipinski definition) is 1. The van der Waals surface area contributed by atoms with Crippen LogP contribution in [0.1, 0.15) is 33.6 Å². The van der Waals surface area contributed by atoms with E-state index in [1.54, 1.807) is 0 Å². The largest absolute Gasteiger partial charge is 0.294 e. The average Bonchev–Trinajstić information content (AvgIpc) is 1.86. The van der Waals surface area contributed by atoms with Gasteiger partial charge in [0.2, 0.25) is 11.3 Å². The Morgan fingerprint density at radius 3 is 2.36 bits per heavy atom. The third kappa shape index (κ3) is 5.35. The minimum atomic E-state index is -1.87. The van der Waals surface area contributed by atoms with Gasteiger partial charge in [-0.25, -0.2) is 8.93 Å². The van der Waals surface area contributed by atoms with Crippen LogP contribution in [0.15, 0.2) is 0 Å². The van der Waals surface area contributed by atoms with Crippen molar-refractivity contribution in [3.05, 3.63) is 0 Å². The highest BCUT2D eigenvalue weighted by atomic mass is 32.2. The van der Waals surface area contributed by atoms with Crippen LogP contribution in [-0.2, 0) is 11.3 Å². The van der Waals surface area contributed by atoms with Crippen LogP contribution in [0.25, 0.3) is 0 Å². The van der Waals surface area contributed by atoms with Gasteiger partial charge in [-0.05, 0) is 12.3 Å². The first-order valence-corrected chi connectivity index (χ1v) is 5.05. The van der Waals surface area contributed by atoms with E-state index in [2.05, 4.69) is 11.6 Å². The van der Waals surface area contributed by atoms with E-state index in [4.69, 9.17) is 4.55 Å². The molecule has 0 aromatic carbocycles. The van der Waals surface area contributed by atoms with Crippen molar-refractivity contribution in [3.8, 4) is 0 Å². The summed E-state index contributed by atoms with van der Waals surface area (Å²) < 4.78 is 21.6. The summed E-state index contributed by atoms with van der Waals surface area (Å²) in [7, 11) is 0. The highest BCUT2D eigenvalue weighted by Crippen LogP contribution is 2.07. The fraction of sp³-hybridized carbons (Fsp3) is 1.00. The molecule has 0 aromatic rings. The first-order chi connectivity index (χ1) is 5.07. The van der Waals surface area contributed by atoms with E-state index < -0.39 is 11.3 Å². The lowest BCUT2D eigenvalue weighted by atomic mass is 10.0. The van der Waals surface area contributed by atoms with Crippen LogP contribution >= 0.6 is 0 Å².